The van der Waals surface area contributed by atoms with Crippen molar-refractivity contribution >= 4 is 17.3 Å². The maximum Gasteiger partial charge on any atom is 0.293 e. The Bertz CT molecular complexity index is 572. The van der Waals surface area contributed by atoms with E-state index in [0.717, 1.165) is 25.9 Å². The molecule has 1 saturated heterocycles. The van der Waals surface area contributed by atoms with Gasteiger partial charge in [0.05, 0.1) is 11.5 Å². The van der Waals surface area contributed by atoms with Crippen molar-refractivity contribution in [1.29, 1.82) is 0 Å². The number of carbonyl (C=O) groups is 1. The van der Waals surface area contributed by atoms with Gasteiger partial charge in [-0.25, -0.2) is 0 Å². The quantitative estimate of drug-likeness (QED) is 0.513. The lowest BCUT2D eigenvalue weighted by molar-refractivity contribution is -0.384. The first kappa shape index (κ1) is 13.9. The van der Waals surface area contributed by atoms with Gasteiger partial charge in [-0.05, 0) is 25.0 Å². The molecule has 1 amide bonds. The summed E-state index contributed by atoms with van der Waals surface area (Å²) in [6.07, 6.45) is 7.12. The van der Waals surface area contributed by atoms with Crippen LogP contribution >= 0.6 is 0 Å². The molecule has 0 atom stereocenters. The summed E-state index contributed by atoms with van der Waals surface area (Å²) in [7, 11) is 0. The van der Waals surface area contributed by atoms with E-state index < -0.39 is 10.8 Å². The van der Waals surface area contributed by atoms with Gasteiger partial charge in [-0.15, -0.1) is 6.42 Å². The van der Waals surface area contributed by atoms with Gasteiger partial charge in [-0.1, -0.05) is 5.92 Å². The second-order valence-electron chi connectivity index (χ2n) is 4.54. The van der Waals surface area contributed by atoms with Crippen molar-refractivity contribution in [3.8, 4) is 12.3 Å². The Balaban J connectivity index is 2.30. The summed E-state index contributed by atoms with van der Waals surface area (Å²) in [5.74, 6) is 1.88. The van der Waals surface area contributed by atoms with E-state index in [1.165, 1.54) is 6.07 Å². The number of hydrogen-bond acceptors (Lipinski definition) is 4. The third-order valence-electron chi connectivity index (χ3n) is 3.23. The number of nitro benzene ring substituents is 1. The van der Waals surface area contributed by atoms with Crippen molar-refractivity contribution in [2.24, 2.45) is 0 Å². The van der Waals surface area contributed by atoms with Gasteiger partial charge in [0, 0.05) is 24.7 Å². The zero-order valence-corrected chi connectivity index (χ0v) is 11.0. The van der Waals surface area contributed by atoms with Crippen molar-refractivity contribution in [3.05, 3.63) is 33.9 Å². The van der Waals surface area contributed by atoms with Crippen LogP contribution in [0.4, 0.5) is 11.4 Å². The van der Waals surface area contributed by atoms with Crippen molar-refractivity contribution in [1.82, 2.24) is 5.32 Å². The van der Waals surface area contributed by atoms with Gasteiger partial charge in [0.15, 0.2) is 0 Å². The molecule has 0 aliphatic carbocycles. The van der Waals surface area contributed by atoms with E-state index in [2.05, 4.69) is 11.2 Å². The molecule has 1 aromatic rings. The molecule has 104 valence electrons. The van der Waals surface area contributed by atoms with Crippen LogP contribution in [0.1, 0.15) is 23.2 Å². The fourth-order valence-corrected chi connectivity index (χ4v) is 2.27. The topological polar surface area (TPSA) is 75.5 Å². The first-order valence-corrected chi connectivity index (χ1v) is 6.38. The molecule has 6 nitrogen and oxygen atoms in total. The molecule has 0 radical (unpaired) electrons. The summed E-state index contributed by atoms with van der Waals surface area (Å²) in [6, 6.07) is 4.53. The molecule has 0 bridgehead atoms. The summed E-state index contributed by atoms with van der Waals surface area (Å²) >= 11 is 0. The van der Waals surface area contributed by atoms with E-state index in [1.54, 1.807) is 12.1 Å². The molecule has 6 heteroatoms. The van der Waals surface area contributed by atoms with Crippen molar-refractivity contribution in [2.75, 3.05) is 24.5 Å². The highest BCUT2D eigenvalue weighted by Gasteiger charge is 2.23. The maximum atomic E-state index is 11.8. The van der Waals surface area contributed by atoms with Crippen LogP contribution in [0.3, 0.4) is 0 Å². The maximum absolute atomic E-state index is 11.8. The Morgan fingerprint density at radius 3 is 2.75 bits per heavy atom. The van der Waals surface area contributed by atoms with Gasteiger partial charge in [-0.3, -0.25) is 14.9 Å². The number of terminal acetylenes is 1. The lowest BCUT2D eigenvalue weighted by Crippen LogP contribution is -2.24. The van der Waals surface area contributed by atoms with E-state index in [-0.39, 0.29) is 17.8 Å². The highest BCUT2D eigenvalue weighted by atomic mass is 16.6. The van der Waals surface area contributed by atoms with E-state index >= 15 is 0 Å². The average molecular weight is 273 g/mol. The molecule has 0 unspecified atom stereocenters. The van der Waals surface area contributed by atoms with Crippen molar-refractivity contribution in [3.63, 3.8) is 0 Å². The number of benzene rings is 1. The second kappa shape index (κ2) is 6.06. The van der Waals surface area contributed by atoms with Gasteiger partial charge < -0.3 is 10.2 Å². The number of carbonyl (C=O) groups excluding carboxylic acids is 1. The van der Waals surface area contributed by atoms with Crippen molar-refractivity contribution in [2.45, 2.75) is 12.8 Å². The summed E-state index contributed by atoms with van der Waals surface area (Å²) in [5, 5.41) is 13.7. The molecule has 1 N–H and O–H groups in total. The van der Waals surface area contributed by atoms with Crippen LogP contribution in [0, 0.1) is 22.5 Å². The van der Waals surface area contributed by atoms with Crippen molar-refractivity contribution < 1.29 is 9.72 Å². The third-order valence-corrected chi connectivity index (χ3v) is 3.23. The minimum absolute atomic E-state index is 0.0414. The molecule has 0 aromatic heterocycles. The molecule has 0 spiro atoms. The molecule has 1 heterocycles. The van der Waals surface area contributed by atoms with Gasteiger partial charge in [0.1, 0.15) is 5.69 Å². The minimum atomic E-state index is -0.453. The standard InChI is InChI=1S/C14H15N3O3/c1-2-7-15-14(18)11-5-6-12(13(10-11)17(19)20)16-8-3-4-9-16/h1,5-6,10H,3-4,7-9H2,(H,15,18). The Morgan fingerprint density at radius 1 is 1.45 bits per heavy atom. The van der Waals surface area contributed by atoms with E-state index in [9.17, 15) is 14.9 Å². The zero-order chi connectivity index (χ0) is 14.5. The Hall–Kier alpha value is -2.55. The first-order valence-electron chi connectivity index (χ1n) is 6.38. The molecular weight excluding hydrogens is 258 g/mol. The number of anilines is 1. The van der Waals surface area contributed by atoms with E-state index in [4.69, 9.17) is 6.42 Å². The molecular formula is C14H15N3O3. The molecule has 1 aliphatic rings. The number of nitro groups is 1. The Kier molecular flexibility index (Phi) is 4.20. The molecule has 1 aromatic carbocycles. The van der Waals surface area contributed by atoms with Crippen LogP contribution in [0.15, 0.2) is 18.2 Å². The largest absolute Gasteiger partial charge is 0.366 e. The average Bonchev–Trinajstić information content (AvgIpc) is 2.98. The molecule has 1 aliphatic heterocycles. The Morgan fingerprint density at radius 2 is 2.15 bits per heavy atom. The predicted octanol–water partition coefficient (Wildman–Crippen LogP) is 1.56. The first-order chi connectivity index (χ1) is 9.63. The van der Waals surface area contributed by atoms with Gasteiger partial charge in [0.2, 0.25) is 0 Å². The molecule has 1 fully saturated rings. The zero-order valence-electron chi connectivity index (χ0n) is 11.0. The van der Waals surface area contributed by atoms with E-state index in [1.807, 2.05) is 4.90 Å². The van der Waals surface area contributed by atoms with Crippen LogP contribution in [-0.4, -0.2) is 30.5 Å². The third kappa shape index (κ3) is 2.88. The summed E-state index contributed by atoms with van der Waals surface area (Å²) in [4.78, 5) is 24.5. The van der Waals surface area contributed by atoms with Crippen LogP contribution in [-0.2, 0) is 0 Å². The fourth-order valence-electron chi connectivity index (χ4n) is 2.27. The summed E-state index contributed by atoms with van der Waals surface area (Å²) in [6.45, 7) is 1.72. The number of hydrogen-bond donors (Lipinski definition) is 1. The lowest BCUT2D eigenvalue weighted by Gasteiger charge is -2.17. The summed E-state index contributed by atoms with van der Waals surface area (Å²) < 4.78 is 0. The molecule has 20 heavy (non-hydrogen) atoms. The van der Waals surface area contributed by atoms with Crippen LogP contribution < -0.4 is 10.2 Å². The highest BCUT2D eigenvalue weighted by Crippen LogP contribution is 2.31. The van der Waals surface area contributed by atoms with Gasteiger partial charge in [0.25, 0.3) is 11.6 Å². The monoisotopic (exact) mass is 273 g/mol. The smallest absolute Gasteiger partial charge is 0.293 e. The fraction of sp³-hybridized carbons (Fsp3) is 0.357. The highest BCUT2D eigenvalue weighted by molar-refractivity contribution is 5.95. The number of nitrogens with zero attached hydrogens (tertiary/aromatic N) is 2. The van der Waals surface area contributed by atoms with Crippen LogP contribution in [0.2, 0.25) is 0 Å². The molecule has 2 rings (SSSR count). The summed E-state index contributed by atoms with van der Waals surface area (Å²) in [5.41, 5.74) is 0.774. The molecule has 0 saturated carbocycles. The van der Waals surface area contributed by atoms with Gasteiger partial charge in [-0.2, -0.15) is 0 Å². The SMILES string of the molecule is C#CCNC(=O)c1ccc(N2CCCC2)c([N+](=O)[O-])c1. The number of rotatable bonds is 4. The predicted molar refractivity (Wildman–Crippen MR) is 75.7 cm³/mol. The number of nitrogens with one attached hydrogen (secondary N) is 1. The van der Waals surface area contributed by atoms with E-state index in [0.29, 0.717) is 5.69 Å². The second-order valence-corrected chi connectivity index (χ2v) is 4.54. The van der Waals surface area contributed by atoms with Crippen LogP contribution in [0.25, 0.3) is 0 Å². The lowest BCUT2D eigenvalue weighted by atomic mass is 10.1. The normalized spacial score (nSPS) is 13.8. The minimum Gasteiger partial charge on any atom is -0.366 e. The van der Waals surface area contributed by atoms with Gasteiger partial charge >= 0.3 is 0 Å². The Labute approximate surface area is 116 Å². The van der Waals surface area contributed by atoms with Crippen LogP contribution in [0.5, 0.6) is 0 Å². The number of amides is 1.